The fourth-order valence-electron chi connectivity index (χ4n) is 3.03. The van der Waals surface area contributed by atoms with E-state index in [1.165, 1.54) is 0 Å². The van der Waals surface area contributed by atoms with E-state index < -0.39 is 0 Å². The largest absolute Gasteiger partial charge is 0.496 e. The molecule has 0 N–H and O–H groups in total. The Kier molecular flexibility index (Phi) is 5.98. The van der Waals surface area contributed by atoms with Gasteiger partial charge in [-0.05, 0) is 53.6 Å². The highest BCUT2D eigenvalue weighted by Crippen LogP contribution is 2.35. The Morgan fingerprint density at radius 1 is 1.17 bits per heavy atom. The van der Waals surface area contributed by atoms with E-state index >= 15 is 0 Å². The van der Waals surface area contributed by atoms with Crippen LogP contribution in [0.2, 0.25) is 0 Å². The molecule has 0 atom stereocenters. The van der Waals surface area contributed by atoms with Crippen LogP contribution in [0.25, 0.3) is 16.3 Å². The van der Waals surface area contributed by atoms with Crippen molar-refractivity contribution in [2.45, 2.75) is 24.8 Å². The predicted molar refractivity (Wildman–Crippen MR) is 120 cm³/mol. The summed E-state index contributed by atoms with van der Waals surface area (Å²) in [4.78, 5) is 4.79. The first-order valence-corrected chi connectivity index (χ1v) is 11.5. The van der Waals surface area contributed by atoms with Gasteiger partial charge in [0.05, 0.1) is 24.1 Å². The summed E-state index contributed by atoms with van der Waals surface area (Å²) in [5.41, 5.74) is 5.25. The van der Waals surface area contributed by atoms with Crippen molar-refractivity contribution in [3.63, 3.8) is 0 Å². The average molecular weight is 488 g/mol. The Bertz CT molecular complexity index is 1140. The molecule has 0 aliphatic carbocycles. The van der Waals surface area contributed by atoms with Crippen LogP contribution in [0.3, 0.4) is 0 Å². The van der Waals surface area contributed by atoms with Crippen LogP contribution in [-0.4, -0.2) is 32.3 Å². The lowest BCUT2D eigenvalue weighted by Crippen LogP contribution is -2.04. The van der Waals surface area contributed by atoms with Gasteiger partial charge in [0.1, 0.15) is 10.8 Å². The first-order valence-electron chi connectivity index (χ1n) is 8.83. The number of aryl methyl sites for hydroxylation is 2. The minimum atomic E-state index is 0.679. The molecule has 9 heteroatoms. The summed E-state index contributed by atoms with van der Waals surface area (Å²) in [7, 11) is 1.67. The Balaban J connectivity index is 1.56. The quantitative estimate of drug-likeness (QED) is 0.336. The zero-order chi connectivity index (χ0) is 20.4. The molecule has 29 heavy (non-hydrogen) atoms. The number of para-hydroxylation sites is 1. The normalized spacial score (nSPS) is 11.0. The number of rotatable bonds is 6. The van der Waals surface area contributed by atoms with Gasteiger partial charge in [0.15, 0.2) is 0 Å². The van der Waals surface area contributed by atoms with Crippen LogP contribution in [-0.2, 0) is 5.75 Å². The minimum Gasteiger partial charge on any atom is -0.496 e. The molecule has 0 unspecified atom stereocenters. The number of thiazole rings is 1. The molecule has 0 fully saturated rings. The number of methoxy groups -OCH3 is 1. The second-order valence-corrected chi connectivity index (χ2v) is 9.11. The number of aromatic nitrogens is 5. The molecule has 0 bridgehead atoms. The highest BCUT2D eigenvalue weighted by atomic mass is 79.9. The van der Waals surface area contributed by atoms with Gasteiger partial charge in [-0.3, -0.25) is 0 Å². The van der Waals surface area contributed by atoms with E-state index in [-0.39, 0.29) is 0 Å². The summed E-state index contributed by atoms with van der Waals surface area (Å²) in [5.74, 6) is 1.48. The van der Waals surface area contributed by atoms with Crippen molar-refractivity contribution in [3.05, 3.63) is 63.1 Å². The van der Waals surface area contributed by atoms with E-state index in [1.54, 1.807) is 34.9 Å². The highest BCUT2D eigenvalue weighted by Gasteiger charge is 2.15. The maximum Gasteiger partial charge on any atom is 0.214 e. The van der Waals surface area contributed by atoms with Gasteiger partial charge in [0, 0.05) is 15.6 Å². The fourth-order valence-corrected chi connectivity index (χ4v) is 5.11. The maximum atomic E-state index is 5.48. The van der Waals surface area contributed by atoms with Crippen LogP contribution in [0.15, 0.2) is 51.4 Å². The first-order chi connectivity index (χ1) is 14.1. The van der Waals surface area contributed by atoms with Crippen molar-refractivity contribution in [1.82, 2.24) is 25.2 Å². The molecule has 6 nitrogen and oxygen atoms in total. The van der Waals surface area contributed by atoms with Gasteiger partial charge in [-0.1, -0.05) is 45.9 Å². The summed E-state index contributed by atoms with van der Waals surface area (Å²) in [6.45, 7) is 4.13. The van der Waals surface area contributed by atoms with E-state index in [1.807, 2.05) is 24.3 Å². The molecular formula is C20H18BrN5OS2. The topological polar surface area (TPSA) is 65.7 Å². The summed E-state index contributed by atoms with van der Waals surface area (Å²) in [5, 5.41) is 16.0. The predicted octanol–water partition coefficient (Wildman–Crippen LogP) is 5.47. The SMILES string of the molecule is COc1ccc(Br)cc1-c1nc(CSc2nnnn2-c2c(C)cccc2C)cs1. The number of tetrazole rings is 1. The molecule has 0 radical (unpaired) electrons. The Morgan fingerprint density at radius 3 is 2.72 bits per heavy atom. The average Bonchev–Trinajstić information content (AvgIpc) is 3.36. The molecule has 0 amide bonds. The summed E-state index contributed by atoms with van der Waals surface area (Å²) >= 11 is 6.69. The molecule has 0 spiro atoms. The van der Waals surface area contributed by atoms with Crippen LogP contribution in [0.5, 0.6) is 5.75 Å². The van der Waals surface area contributed by atoms with Crippen molar-refractivity contribution in [1.29, 1.82) is 0 Å². The van der Waals surface area contributed by atoms with E-state index in [0.717, 1.165) is 48.5 Å². The lowest BCUT2D eigenvalue weighted by Gasteiger charge is -2.10. The van der Waals surface area contributed by atoms with E-state index in [4.69, 9.17) is 9.72 Å². The van der Waals surface area contributed by atoms with Gasteiger partial charge in [-0.2, -0.15) is 4.68 Å². The zero-order valence-corrected chi connectivity index (χ0v) is 19.3. The van der Waals surface area contributed by atoms with Crippen LogP contribution in [0, 0.1) is 13.8 Å². The van der Waals surface area contributed by atoms with Gasteiger partial charge >= 0.3 is 0 Å². The van der Waals surface area contributed by atoms with Crippen molar-refractivity contribution in [2.24, 2.45) is 0 Å². The van der Waals surface area contributed by atoms with Crippen molar-refractivity contribution in [2.75, 3.05) is 7.11 Å². The summed E-state index contributed by atoms with van der Waals surface area (Å²) in [6, 6.07) is 12.1. The number of ether oxygens (including phenoxy) is 1. The van der Waals surface area contributed by atoms with Crippen molar-refractivity contribution in [3.8, 4) is 22.0 Å². The third-order valence-corrected chi connectivity index (χ3v) is 6.76. The highest BCUT2D eigenvalue weighted by molar-refractivity contribution is 9.10. The zero-order valence-electron chi connectivity index (χ0n) is 16.1. The Labute approximate surface area is 185 Å². The summed E-state index contributed by atoms with van der Waals surface area (Å²) in [6.07, 6.45) is 0. The third kappa shape index (κ3) is 4.22. The summed E-state index contributed by atoms with van der Waals surface area (Å²) < 4.78 is 8.28. The second-order valence-electron chi connectivity index (χ2n) is 6.39. The van der Waals surface area contributed by atoms with Crippen LogP contribution < -0.4 is 4.74 Å². The molecule has 2 aromatic heterocycles. The van der Waals surface area contributed by atoms with E-state index in [0.29, 0.717) is 5.75 Å². The molecule has 2 heterocycles. The van der Waals surface area contributed by atoms with Crippen LogP contribution in [0.1, 0.15) is 16.8 Å². The van der Waals surface area contributed by atoms with Gasteiger partial charge in [-0.15, -0.1) is 16.4 Å². The number of hydrogen-bond acceptors (Lipinski definition) is 7. The monoisotopic (exact) mass is 487 g/mol. The first kappa shape index (κ1) is 20.1. The Hall–Kier alpha value is -2.23. The Morgan fingerprint density at radius 2 is 1.97 bits per heavy atom. The van der Waals surface area contributed by atoms with Gasteiger partial charge in [0.25, 0.3) is 0 Å². The van der Waals surface area contributed by atoms with Crippen molar-refractivity contribution >= 4 is 39.0 Å². The maximum absolute atomic E-state index is 5.48. The smallest absolute Gasteiger partial charge is 0.214 e. The third-order valence-electron chi connectivity index (χ3n) is 4.39. The molecule has 0 saturated carbocycles. The number of nitrogens with zero attached hydrogens (tertiary/aromatic N) is 5. The number of benzene rings is 2. The lowest BCUT2D eigenvalue weighted by molar-refractivity contribution is 0.416. The molecular weight excluding hydrogens is 470 g/mol. The molecule has 4 aromatic rings. The number of hydrogen-bond donors (Lipinski definition) is 0. The van der Waals surface area contributed by atoms with Gasteiger partial charge in [0.2, 0.25) is 5.16 Å². The molecule has 0 saturated heterocycles. The molecule has 2 aromatic carbocycles. The molecule has 4 rings (SSSR count). The molecule has 0 aliphatic rings. The van der Waals surface area contributed by atoms with E-state index in [2.05, 4.69) is 62.8 Å². The lowest BCUT2D eigenvalue weighted by atomic mass is 10.1. The minimum absolute atomic E-state index is 0.679. The van der Waals surface area contributed by atoms with Crippen molar-refractivity contribution < 1.29 is 4.74 Å². The number of halogens is 1. The molecule has 0 aliphatic heterocycles. The van der Waals surface area contributed by atoms with E-state index in [9.17, 15) is 0 Å². The number of thioether (sulfide) groups is 1. The van der Waals surface area contributed by atoms with Gasteiger partial charge < -0.3 is 4.74 Å². The van der Waals surface area contributed by atoms with Crippen LogP contribution >= 0.6 is 39.0 Å². The van der Waals surface area contributed by atoms with Crippen LogP contribution in [0.4, 0.5) is 0 Å². The molecule has 148 valence electrons. The van der Waals surface area contributed by atoms with Gasteiger partial charge in [-0.25, -0.2) is 4.98 Å². The standard InChI is InChI=1S/C20H18BrN5OS2/c1-12-5-4-6-13(2)18(12)26-20(23-24-25-26)29-11-15-10-28-19(22-15)16-9-14(21)7-8-17(16)27-3/h4-10H,11H2,1-3H3. The fraction of sp³-hybridized carbons (Fsp3) is 0.200. The second kappa shape index (κ2) is 8.64.